The third-order valence-corrected chi connectivity index (χ3v) is 6.34. The van der Waals surface area contributed by atoms with E-state index in [-0.39, 0.29) is 29.8 Å². The van der Waals surface area contributed by atoms with Crippen LogP contribution < -0.4 is 4.90 Å². The number of thioether (sulfide) groups is 1. The average molecular weight is 415 g/mol. The molecule has 0 N–H and O–H groups in total. The van der Waals surface area contributed by atoms with E-state index in [4.69, 9.17) is 5.26 Å². The van der Waals surface area contributed by atoms with Crippen LogP contribution in [0.1, 0.15) is 28.4 Å². The van der Waals surface area contributed by atoms with Crippen LogP contribution in [0, 0.1) is 21.4 Å². The average Bonchev–Trinajstić information content (AvgIpc) is 2.91. The molecular weight excluding hydrogens is 398 g/mol. The number of fused-ring (bicyclic) bond motifs is 1. The molecule has 0 saturated heterocycles. The minimum absolute atomic E-state index is 0.00308. The molecule has 1 aliphatic rings. The second kappa shape index (κ2) is 8.39. The molecule has 1 atom stereocenters. The summed E-state index contributed by atoms with van der Waals surface area (Å²) in [6.07, 6.45) is 0.256. The second-order valence-electron chi connectivity index (χ2n) is 6.88. The third-order valence-electron chi connectivity index (χ3n) is 5.01. The molecule has 3 aromatic rings. The molecule has 1 amide bonds. The SMILES string of the molecule is N#Cc1ccc(C2CC(=O)N(Cc3ccccc3[N+](=O)[O-])c3ccccc3S2)cc1. The van der Waals surface area contributed by atoms with Gasteiger partial charge in [0.05, 0.1) is 28.8 Å². The van der Waals surface area contributed by atoms with E-state index in [2.05, 4.69) is 6.07 Å². The molecule has 6 nitrogen and oxygen atoms in total. The van der Waals surface area contributed by atoms with Gasteiger partial charge in [-0.3, -0.25) is 14.9 Å². The van der Waals surface area contributed by atoms with Crippen LogP contribution in [0.4, 0.5) is 11.4 Å². The number of amides is 1. The van der Waals surface area contributed by atoms with Gasteiger partial charge in [0.25, 0.3) is 5.69 Å². The summed E-state index contributed by atoms with van der Waals surface area (Å²) in [6, 6.07) is 23.5. The first-order chi connectivity index (χ1) is 14.6. The van der Waals surface area contributed by atoms with Gasteiger partial charge in [0, 0.05) is 28.2 Å². The van der Waals surface area contributed by atoms with Crippen LogP contribution in [0.5, 0.6) is 0 Å². The number of nitro groups is 1. The number of nitro benzene ring substituents is 1. The molecule has 0 saturated carbocycles. The van der Waals surface area contributed by atoms with E-state index < -0.39 is 4.92 Å². The lowest BCUT2D eigenvalue weighted by Crippen LogP contribution is -2.30. The van der Waals surface area contributed by atoms with Crippen LogP contribution >= 0.6 is 11.8 Å². The van der Waals surface area contributed by atoms with Gasteiger partial charge in [-0.1, -0.05) is 42.5 Å². The van der Waals surface area contributed by atoms with Crippen molar-refractivity contribution in [2.45, 2.75) is 23.1 Å². The Morgan fingerprint density at radius 3 is 2.50 bits per heavy atom. The van der Waals surface area contributed by atoms with Gasteiger partial charge in [-0.25, -0.2) is 0 Å². The van der Waals surface area contributed by atoms with E-state index in [0.717, 1.165) is 16.1 Å². The highest BCUT2D eigenvalue weighted by Gasteiger charge is 2.30. The fourth-order valence-electron chi connectivity index (χ4n) is 3.50. The number of carbonyl (C=O) groups excluding carboxylic acids is 1. The molecule has 0 bridgehead atoms. The van der Waals surface area contributed by atoms with Gasteiger partial charge >= 0.3 is 0 Å². The lowest BCUT2D eigenvalue weighted by molar-refractivity contribution is -0.385. The lowest BCUT2D eigenvalue weighted by Gasteiger charge is -2.22. The smallest absolute Gasteiger partial charge is 0.274 e. The molecule has 4 rings (SSSR count). The van der Waals surface area contributed by atoms with E-state index in [1.54, 1.807) is 47.0 Å². The summed E-state index contributed by atoms with van der Waals surface area (Å²) in [7, 11) is 0. The first kappa shape index (κ1) is 19.7. The van der Waals surface area contributed by atoms with Crippen LogP contribution in [-0.4, -0.2) is 10.8 Å². The van der Waals surface area contributed by atoms with Crippen molar-refractivity contribution in [1.82, 2.24) is 0 Å². The fraction of sp³-hybridized carbons (Fsp3) is 0.130. The first-order valence-corrected chi connectivity index (χ1v) is 10.2. The molecule has 0 spiro atoms. The number of rotatable bonds is 4. The zero-order valence-corrected chi connectivity index (χ0v) is 16.7. The summed E-state index contributed by atoms with van der Waals surface area (Å²) in [6.45, 7) is 0.133. The van der Waals surface area contributed by atoms with Crippen molar-refractivity contribution in [3.8, 4) is 6.07 Å². The second-order valence-corrected chi connectivity index (χ2v) is 8.12. The lowest BCUT2D eigenvalue weighted by atomic mass is 10.1. The number of nitriles is 1. The maximum atomic E-state index is 13.3. The van der Waals surface area contributed by atoms with Gasteiger partial charge in [-0.2, -0.15) is 5.26 Å². The molecule has 7 heteroatoms. The highest BCUT2D eigenvalue weighted by atomic mass is 32.2. The molecule has 0 fully saturated rings. The number of hydrogen-bond donors (Lipinski definition) is 0. The summed E-state index contributed by atoms with van der Waals surface area (Å²) in [5.41, 5.74) is 2.79. The van der Waals surface area contributed by atoms with E-state index in [1.807, 2.05) is 36.4 Å². The molecule has 30 heavy (non-hydrogen) atoms. The number of para-hydroxylation sites is 2. The van der Waals surface area contributed by atoms with E-state index in [1.165, 1.54) is 6.07 Å². The zero-order chi connectivity index (χ0) is 21.1. The van der Waals surface area contributed by atoms with Crippen molar-refractivity contribution < 1.29 is 9.72 Å². The summed E-state index contributed by atoms with van der Waals surface area (Å²) in [4.78, 5) is 26.8. The van der Waals surface area contributed by atoms with Crippen LogP contribution in [0.3, 0.4) is 0 Å². The fourth-order valence-corrected chi connectivity index (χ4v) is 4.78. The Morgan fingerprint density at radius 2 is 1.77 bits per heavy atom. The monoisotopic (exact) mass is 415 g/mol. The van der Waals surface area contributed by atoms with E-state index >= 15 is 0 Å². The highest BCUT2D eigenvalue weighted by molar-refractivity contribution is 7.99. The molecule has 148 valence electrons. The normalized spacial score (nSPS) is 15.8. The summed E-state index contributed by atoms with van der Waals surface area (Å²) in [5, 5.41) is 20.3. The Hall–Kier alpha value is -3.63. The minimum atomic E-state index is -0.419. The van der Waals surface area contributed by atoms with Gasteiger partial charge < -0.3 is 4.90 Å². The Balaban J connectivity index is 1.71. The Bertz CT molecular complexity index is 1150. The zero-order valence-electron chi connectivity index (χ0n) is 15.9. The van der Waals surface area contributed by atoms with Crippen molar-refractivity contribution in [2.24, 2.45) is 0 Å². The van der Waals surface area contributed by atoms with Gasteiger partial charge in [0.1, 0.15) is 0 Å². The van der Waals surface area contributed by atoms with Crippen LogP contribution in [0.15, 0.2) is 77.7 Å². The molecule has 0 aliphatic carbocycles. The standard InChI is InChI=1S/C23H17N3O3S/c24-14-16-9-11-17(12-10-16)22-13-23(27)25(20-7-3-4-8-21(20)30-22)15-18-5-1-2-6-19(18)26(28)29/h1-12,22H,13,15H2. The Labute approximate surface area is 177 Å². The van der Waals surface area contributed by atoms with Gasteiger partial charge in [-0.05, 0) is 29.8 Å². The van der Waals surface area contributed by atoms with E-state index in [9.17, 15) is 14.9 Å². The predicted molar refractivity (Wildman–Crippen MR) is 115 cm³/mol. The number of anilines is 1. The topological polar surface area (TPSA) is 87.2 Å². The van der Waals surface area contributed by atoms with Crippen molar-refractivity contribution in [2.75, 3.05) is 4.90 Å². The quantitative estimate of drug-likeness (QED) is 0.430. The maximum absolute atomic E-state index is 13.3. The number of hydrogen-bond acceptors (Lipinski definition) is 5. The Kier molecular flexibility index (Phi) is 5.50. The highest BCUT2D eigenvalue weighted by Crippen LogP contribution is 2.46. The van der Waals surface area contributed by atoms with Gasteiger partial charge in [0.2, 0.25) is 5.91 Å². The van der Waals surface area contributed by atoms with Gasteiger partial charge in [-0.15, -0.1) is 11.8 Å². The number of benzene rings is 3. The molecular formula is C23H17N3O3S. The number of nitrogens with zero attached hydrogens (tertiary/aromatic N) is 3. The van der Waals surface area contributed by atoms with Crippen molar-refractivity contribution in [1.29, 1.82) is 5.26 Å². The van der Waals surface area contributed by atoms with Crippen LogP contribution in [-0.2, 0) is 11.3 Å². The third kappa shape index (κ3) is 3.91. The molecule has 0 aromatic heterocycles. The van der Waals surface area contributed by atoms with E-state index in [0.29, 0.717) is 11.1 Å². The van der Waals surface area contributed by atoms with Crippen molar-refractivity contribution in [3.63, 3.8) is 0 Å². The van der Waals surface area contributed by atoms with Crippen molar-refractivity contribution in [3.05, 3.63) is 99.6 Å². The number of carbonyl (C=O) groups is 1. The Morgan fingerprint density at radius 1 is 1.07 bits per heavy atom. The molecule has 0 radical (unpaired) electrons. The van der Waals surface area contributed by atoms with Gasteiger partial charge in [0.15, 0.2) is 0 Å². The maximum Gasteiger partial charge on any atom is 0.274 e. The predicted octanol–water partition coefficient (Wildman–Crippen LogP) is 5.24. The molecule has 1 unspecified atom stereocenters. The largest absolute Gasteiger partial charge is 0.307 e. The summed E-state index contributed by atoms with van der Waals surface area (Å²) in [5.74, 6) is -0.0973. The molecule has 1 aliphatic heterocycles. The summed E-state index contributed by atoms with van der Waals surface area (Å²) >= 11 is 1.59. The molecule has 3 aromatic carbocycles. The molecule has 1 heterocycles. The van der Waals surface area contributed by atoms with Crippen LogP contribution in [0.25, 0.3) is 0 Å². The minimum Gasteiger partial charge on any atom is -0.307 e. The first-order valence-electron chi connectivity index (χ1n) is 9.35. The summed E-state index contributed by atoms with van der Waals surface area (Å²) < 4.78 is 0. The van der Waals surface area contributed by atoms with Crippen molar-refractivity contribution >= 4 is 29.0 Å². The van der Waals surface area contributed by atoms with Crippen LogP contribution in [0.2, 0.25) is 0 Å².